The predicted octanol–water partition coefficient (Wildman–Crippen LogP) is 1.76. The van der Waals surface area contributed by atoms with Gasteiger partial charge in [0.15, 0.2) is 18.1 Å². The Labute approximate surface area is 148 Å². The van der Waals surface area contributed by atoms with Gasteiger partial charge >= 0.3 is 17.1 Å². The van der Waals surface area contributed by atoms with Gasteiger partial charge in [0.05, 0.1) is 11.9 Å². The number of amides is 1. The number of carbonyl (C=O) groups is 3. The van der Waals surface area contributed by atoms with Crippen LogP contribution in [0, 0.1) is 6.92 Å². The van der Waals surface area contributed by atoms with E-state index < -0.39 is 28.3 Å². The van der Waals surface area contributed by atoms with Crippen molar-refractivity contribution in [1.29, 1.82) is 0 Å². The molecule has 9 nitrogen and oxygen atoms in total. The average Bonchev–Trinajstić information content (AvgIpc) is 2.88. The van der Waals surface area contributed by atoms with E-state index in [4.69, 9.17) is 9.47 Å². The average molecular weight is 375 g/mol. The largest absolute Gasteiger partial charge is 0.519 e. The van der Waals surface area contributed by atoms with Gasteiger partial charge < -0.3 is 23.6 Å². The normalized spacial score (nSPS) is 11.6. The van der Waals surface area contributed by atoms with Crippen LogP contribution in [0.5, 0.6) is 0 Å². The highest BCUT2D eigenvalue weighted by molar-refractivity contribution is 8.14. The first-order valence-corrected chi connectivity index (χ1v) is 8.57. The van der Waals surface area contributed by atoms with Crippen LogP contribution < -0.4 is 11.1 Å². The van der Waals surface area contributed by atoms with E-state index in [1.807, 2.05) is 6.92 Å². The SMILES string of the molecule is CCCCOC(=O)CNC(=O)C(C)SC(=O)OCc1oc(=O)oc1C. The topological polar surface area (TPSA) is 125 Å². The van der Waals surface area contributed by atoms with Crippen LogP contribution in [-0.2, 0) is 25.7 Å². The summed E-state index contributed by atoms with van der Waals surface area (Å²) in [5, 5.41) is 0.888. The summed E-state index contributed by atoms with van der Waals surface area (Å²) in [5.74, 6) is -1.59. The quantitative estimate of drug-likeness (QED) is 0.507. The minimum absolute atomic E-state index is 0.103. The Balaban J connectivity index is 2.29. The van der Waals surface area contributed by atoms with Crippen molar-refractivity contribution in [2.75, 3.05) is 13.2 Å². The first kappa shape index (κ1) is 20.8. The highest BCUT2D eigenvalue weighted by atomic mass is 32.2. The monoisotopic (exact) mass is 375 g/mol. The zero-order valence-corrected chi connectivity index (χ0v) is 15.1. The third kappa shape index (κ3) is 7.92. The van der Waals surface area contributed by atoms with Crippen LogP contribution in [0.2, 0.25) is 0 Å². The molecule has 1 amide bonds. The second-order valence-electron chi connectivity index (χ2n) is 5.02. The number of hydrogen-bond acceptors (Lipinski definition) is 9. The van der Waals surface area contributed by atoms with E-state index in [2.05, 4.69) is 14.2 Å². The Morgan fingerprint density at radius 1 is 1.24 bits per heavy atom. The molecule has 1 aromatic heterocycles. The summed E-state index contributed by atoms with van der Waals surface area (Å²) in [5.41, 5.74) is 0. The molecule has 1 heterocycles. The lowest BCUT2D eigenvalue weighted by molar-refractivity contribution is -0.144. The van der Waals surface area contributed by atoms with Crippen LogP contribution in [0.1, 0.15) is 38.2 Å². The maximum atomic E-state index is 11.8. The zero-order chi connectivity index (χ0) is 18.8. The molecule has 0 aromatic carbocycles. The lowest BCUT2D eigenvalue weighted by atomic mass is 10.4. The van der Waals surface area contributed by atoms with Crippen molar-refractivity contribution in [3.8, 4) is 0 Å². The van der Waals surface area contributed by atoms with Crippen molar-refractivity contribution >= 4 is 28.9 Å². The van der Waals surface area contributed by atoms with E-state index in [0.717, 1.165) is 12.8 Å². The van der Waals surface area contributed by atoms with Gasteiger partial charge in [-0.2, -0.15) is 0 Å². The van der Waals surface area contributed by atoms with E-state index in [0.29, 0.717) is 18.4 Å². The number of esters is 1. The summed E-state index contributed by atoms with van der Waals surface area (Å²) >= 11 is 0.637. The Kier molecular flexibility index (Phi) is 8.82. The molecule has 10 heteroatoms. The molecule has 0 saturated carbocycles. The Morgan fingerprint density at radius 2 is 1.96 bits per heavy atom. The number of aryl methyl sites for hydroxylation is 1. The van der Waals surface area contributed by atoms with Gasteiger partial charge in [-0.3, -0.25) is 9.59 Å². The van der Waals surface area contributed by atoms with Crippen LogP contribution in [0.25, 0.3) is 0 Å². The van der Waals surface area contributed by atoms with Gasteiger partial charge in [-0.15, -0.1) is 0 Å². The van der Waals surface area contributed by atoms with Gasteiger partial charge in [0.2, 0.25) is 5.91 Å². The third-order valence-electron chi connectivity index (χ3n) is 2.97. The van der Waals surface area contributed by atoms with Crippen LogP contribution in [-0.4, -0.2) is 35.6 Å². The highest BCUT2D eigenvalue weighted by Crippen LogP contribution is 2.16. The van der Waals surface area contributed by atoms with Crippen LogP contribution in [0.15, 0.2) is 13.6 Å². The first-order valence-electron chi connectivity index (χ1n) is 7.69. The number of ether oxygens (including phenoxy) is 2. The van der Waals surface area contributed by atoms with Gasteiger partial charge in [0, 0.05) is 0 Å². The summed E-state index contributed by atoms with van der Waals surface area (Å²) in [6.45, 7) is 4.73. The van der Waals surface area contributed by atoms with Crippen molar-refractivity contribution in [1.82, 2.24) is 5.32 Å². The van der Waals surface area contributed by atoms with Crippen molar-refractivity contribution in [3.05, 3.63) is 22.1 Å². The fraction of sp³-hybridized carbons (Fsp3) is 0.600. The van der Waals surface area contributed by atoms with Gasteiger partial charge in [-0.1, -0.05) is 13.3 Å². The number of hydrogen-bond donors (Lipinski definition) is 1. The van der Waals surface area contributed by atoms with E-state index in [-0.39, 0.29) is 24.7 Å². The molecule has 0 aliphatic carbocycles. The molecular formula is C15H21NO8S. The standard InChI is InChI=1S/C15H21NO8S/c1-4-5-6-21-12(17)7-16-13(18)10(3)25-15(20)22-8-11-9(2)23-14(19)24-11/h10H,4-8H2,1-3H3,(H,16,18). The number of unbranched alkanes of at least 4 members (excludes halogenated alkanes) is 1. The molecular weight excluding hydrogens is 354 g/mol. The molecule has 0 bridgehead atoms. The Hall–Kier alpha value is -2.23. The van der Waals surface area contributed by atoms with Crippen LogP contribution in [0.3, 0.4) is 0 Å². The third-order valence-corrected chi connectivity index (χ3v) is 3.84. The summed E-state index contributed by atoms with van der Waals surface area (Å²) in [7, 11) is 0. The second-order valence-corrected chi connectivity index (χ2v) is 6.30. The number of carbonyl (C=O) groups excluding carboxylic acids is 3. The lowest BCUT2D eigenvalue weighted by Crippen LogP contribution is -2.36. The minimum atomic E-state index is -0.880. The molecule has 1 unspecified atom stereocenters. The first-order chi connectivity index (χ1) is 11.8. The molecule has 140 valence electrons. The molecule has 0 fully saturated rings. The van der Waals surface area contributed by atoms with Gasteiger partial charge in [-0.25, -0.2) is 9.59 Å². The van der Waals surface area contributed by atoms with E-state index in [1.165, 1.54) is 13.8 Å². The highest BCUT2D eigenvalue weighted by Gasteiger charge is 2.20. The number of rotatable bonds is 9. The fourth-order valence-corrected chi connectivity index (χ4v) is 2.15. The van der Waals surface area contributed by atoms with Crippen LogP contribution >= 0.6 is 11.8 Å². The molecule has 0 saturated heterocycles. The van der Waals surface area contributed by atoms with Crippen molar-refractivity contribution in [2.24, 2.45) is 0 Å². The molecule has 1 aromatic rings. The molecule has 25 heavy (non-hydrogen) atoms. The molecule has 1 rings (SSSR count). The van der Waals surface area contributed by atoms with Crippen molar-refractivity contribution in [2.45, 2.75) is 45.5 Å². The Bertz CT molecular complexity index is 650. The smallest absolute Gasteiger partial charge is 0.464 e. The maximum Gasteiger partial charge on any atom is 0.519 e. The molecule has 0 spiro atoms. The molecule has 1 N–H and O–H groups in total. The molecule has 0 aliphatic rings. The Morgan fingerprint density at radius 3 is 2.56 bits per heavy atom. The molecule has 0 aliphatic heterocycles. The van der Waals surface area contributed by atoms with Gasteiger partial charge in [-0.05, 0) is 32.0 Å². The van der Waals surface area contributed by atoms with Gasteiger partial charge in [0.25, 0.3) is 0 Å². The maximum absolute atomic E-state index is 11.8. The van der Waals surface area contributed by atoms with E-state index in [9.17, 15) is 19.2 Å². The van der Waals surface area contributed by atoms with Gasteiger partial charge in [0.1, 0.15) is 6.54 Å². The fourth-order valence-electron chi connectivity index (χ4n) is 1.55. The van der Waals surface area contributed by atoms with Crippen molar-refractivity contribution in [3.63, 3.8) is 0 Å². The predicted molar refractivity (Wildman–Crippen MR) is 88.1 cm³/mol. The number of nitrogens with one attached hydrogen (secondary N) is 1. The van der Waals surface area contributed by atoms with E-state index in [1.54, 1.807) is 0 Å². The van der Waals surface area contributed by atoms with Crippen LogP contribution in [0.4, 0.5) is 4.79 Å². The van der Waals surface area contributed by atoms with Crippen molar-refractivity contribution < 1.29 is 32.7 Å². The zero-order valence-electron chi connectivity index (χ0n) is 14.3. The van der Waals surface area contributed by atoms with E-state index >= 15 is 0 Å². The summed E-state index contributed by atoms with van der Waals surface area (Å²) < 4.78 is 19.1. The lowest BCUT2D eigenvalue weighted by Gasteiger charge is -2.11. The second kappa shape index (κ2) is 10.6. The molecule has 0 radical (unpaired) electrons. The molecule has 1 atom stereocenters. The summed E-state index contributed by atoms with van der Waals surface area (Å²) in [4.78, 5) is 45.7. The number of thioether (sulfide) groups is 1. The minimum Gasteiger partial charge on any atom is -0.464 e. The summed E-state index contributed by atoms with van der Waals surface area (Å²) in [6, 6.07) is 0. The summed E-state index contributed by atoms with van der Waals surface area (Å²) in [6.07, 6.45) is 1.66.